The predicted molar refractivity (Wildman–Crippen MR) is 483 cm³/mol. The Balaban J connectivity index is 0.000000173. The zero-order valence-electron chi connectivity index (χ0n) is 69.5. The van der Waals surface area contributed by atoms with Crippen molar-refractivity contribution in [2.24, 2.45) is 4.30 Å². The summed E-state index contributed by atoms with van der Waals surface area (Å²) in [6, 6.07) is 39.6. The van der Waals surface area contributed by atoms with E-state index in [-0.39, 0.29) is 53.9 Å². The molecule has 3 aliphatic rings. The van der Waals surface area contributed by atoms with Crippen molar-refractivity contribution < 1.29 is 75.7 Å². The Morgan fingerprint density at radius 3 is 1.26 bits per heavy atom. The minimum atomic E-state index is -1.17. The maximum absolute atomic E-state index is 13.5. The first kappa shape index (κ1) is 94.1. The van der Waals surface area contributed by atoms with Gasteiger partial charge in [0.25, 0.3) is 0 Å². The van der Waals surface area contributed by atoms with Gasteiger partial charge in [0, 0.05) is 84.6 Å². The standard InChI is InChI=1S/C28H29BrFN5O3.C28H30FN5O3.C16H22IN5O2.C12H9BFO3.CH5BO2.BHNS/c1-28(2,3)38-27(36)34-13-5-7-19(15-34)35-24(29)22(23-25(31)32-16-33-26(23)35)17-9-11-20(12-10-17)37-21-8-4-6-18(30)14-21;1-28(2,3)37-27(35)33-13-5-7-20(15-33)34-16-23(24-25(30)31-17-32-26(24)34)18-9-11-21(12-10-18)36-22-8-4-6-19(29)14-22;1-16(2,3)24-15(23)21-6-4-5-10(7-21)22-8-11(17)12-13(18)19-9-20-14(12)22;14-9-2-1-3-12(8-9)16-10-4-6-11(7-5-10)17-13-15;1-2(3)4;1-2-3/h4,6,8-12,14,16,19H,5,7,13,15H2,1-3H3,(H2,31,32,33);4,6,8-12,14,16-17,20H,5,7,13,15H2,1-3H3,(H2,30,31,32);8-10H,4-7H2,1-3H3,(H2,18,19,20);1-8,15H;3-4H,1H3;3H/t19-;20-;10-;;;/m111.../s1. The quantitative estimate of drug-likeness (QED) is 0.0244. The second-order valence-corrected chi connectivity index (χ2v) is 33.7. The van der Waals surface area contributed by atoms with Gasteiger partial charge in [-0.15, -0.1) is 0 Å². The monoisotopic (exact) mass is 1880 g/mol. The van der Waals surface area contributed by atoms with Gasteiger partial charge in [0.15, 0.2) is 0 Å². The zero-order chi connectivity index (χ0) is 89.0. The molecule has 3 atom stereocenters. The molecule has 9 N–H and O–H groups in total. The Bertz CT molecular complexity index is 5600. The molecule has 2 radical (unpaired) electrons. The number of nitrogen functional groups attached to an aromatic ring is 3. The molecule has 123 heavy (non-hydrogen) atoms. The third-order valence-electron chi connectivity index (χ3n) is 18.7. The molecule has 0 aliphatic carbocycles. The summed E-state index contributed by atoms with van der Waals surface area (Å²) < 4.78 is 89.3. The van der Waals surface area contributed by atoms with E-state index >= 15 is 0 Å². The molecule has 38 heteroatoms. The van der Waals surface area contributed by atoms with Crippen LogP contribution in [0.15, 0.2) is 186 Å². The summed E-state index contributed by atoms with van der Waals surface area (Å²) in [6.07, 6.45) is 12.9. The van der Waals surface area contributed by atoms with Crippen LogP contribution in [-0.4, -0.2) is 170 Å². The molecule has 0 bridgehead atoms. The number of likely N-dealkylation sites (tertiary alicyclic amines) is 3. The van der Waals surface area contributed by atoms with Crippen molar-refractivity contribution in [3.63, 3.8) is 0 Å². The Morgan fingerprint density at radius 1 is 0.520 bits per heavy atom. The molecular weight excluding hydrogens is 1780 g/mol. The van der Waals surface area contributed by atoms with Crippen molar-refractivity contribution in [2.75, 3.05) is 56.5 Å². The van der Waals surface area contributed by atoms with Crippen LogP contribution in [0.3, 0.4) is 0 Å². The zero-order valence-corrected chi connectivity index (χ0v) is 74.1. The summed E-state index contributed by atoms with van der Waals surface area (Å²) in [4.78, 5) is 69.3. The van der Waals surface area contributed by atoms with Crippen LogP contribution in [-0.2, 0) is 14.2 Å². The molecule has 15 rings (SSSR count). The van der Waals surface area contributed by atoms with Crippen molar-refractivity contribution in [1.82, 2.24) is 58.3 Å². The summed E-state index contributed by atoms with van der Waals surface area (Å²) in [7, 11) is 3.77. The maximum atomic E-state index is 13.5. The summed E-state index contributed by atoms with van der Waals surface area (Å²) in [5, 5.41) is 26.0. The van der Waals surface area contributed by atoms with E-state index in [9.17, 15) is 27.6 Å². The predicted octanol–water partition coefficient (Wildman–Crippen LogP) is 18.1. The van der Waals surface area contributed by atoms with Crippen LogP contribution in [0.2, 0.25) is 6.82 Å². The fourth-order valence-electron chi connectivity index (χ4n) is 13.7. The molecule has 0 spiro atoms. The van der Waals surface area contributed by atoms with E-state index in [0.717, 1.165) is 103 Å². The molecular formula is C85H96B3BrF3IN16O13S. The van der Waals surface area contributed by atoms with Crippen LogP contribution >= 0.6 is 51.3 Å². The molecule has 3 saturated heterocycles. The van der Waals surface area contributed by atoms with Gasteiger partial charge < -0.3 is 93.7 Å². The van der Waals surface area contributed by atoms with E-state index in [4.69, 9.17) is 65.3 Å². The van der Waals surface area contributed by atoms with Gasteiger partial charge >= 0.3 is 57.8 Å². The number of thiol groups is 1. The molecule has 644 valence electrons. The number of amides is 3. The van der Waals surface area contributed by atoms with Gasteiger partial charge in [-0.2, -0.15) is 0 Å². The van der Waals surface area contributed by atoms with Crippen molar-refractivity contribution in [3.05, 3.63) is 203 Å². The first-order chi connectivity index (χ1) is 58.5. The fourth-order valence-corrected chi connectivity index (χ4v) is 15.4. The summed E-state index contributed by atoms with van der Waals surface area (Å²) in [5.74, 6) is 3.64. The van der Waals surface area contributed by atoms with Crippen LogP contribution in [0.25, 0.3) is 55.4 Å². The number of carbonyl (C=O) groups is 3. The second kappa shape index (κ2) is 42.7. The topological polar surface area (TPSA) is 369 Å². The number of hydrogen-bond donors (Lipinski definition) is 7. The number of hydrogen-bond acceptors (Lipinski definition) is 24. The number of rotatable bonds is 13. The Hall–Kier alpha value is -11.2. The number of anilines is 3. The number of ether oxygens (including phenoxy) is 6. The van der Waals surface area contributed by atoms with Crippen molar-refractivity contribution in [1.29, 1.82) is 0 Å². The third-order valence-corrected chi connectivity index (χ3v) is 20.3. The normalized spacial score (nSPS) is 15.1. The average Bonchev–Trinajstić information content (AvgIpc) is 1.59. The van der Waals surface area contributed by atoms with Crippen LogP contribution in [0.4, 0.5) is 45.0 Å². The van der Waals surface area contributed by atoms with E-state index in [0.29, 0.717) is 104 Å². The van der Waals surface area contributed by atoms with Gasteiger partial charge in [0.2, 0.25) is 0 Å². The molecule has 0 saturated carbocycles. The van der Waals surface area contributed by atoms with E-state index in [2.05, 4.69) is 107 Å². The number of piperidine rings is 3. The SMILES string of the molecule is CB(O)O.CC(C)(C)OC(=O)N1CCC[C@@H](n2c(Br)c(-c3ccc(Oc4cccc(F)c4)cc3)c3c(N)ncnc32)C1.CC(C)(C)OC(=O)N1CCC[C@@H](n2cc(-c3ccc(Oc4cccc(F)c4)cc3)c3c(N)ncnc32)C1.CC(C)(C)OC(=O)N1CCC[C@@H](n2cc(I)c3c(N)ncnc32)C1.O[B]Oc1ccc(Oc2cccc(F)c2)cc1.[B]=NS. The second-order valence-electron chi connectivity index (χ2n) is 31.6. The van der Waals surface area contributed by atoms with Gasteiger partial charge in [-0.1, -0.05) is 42.5 Å². The summed E-state index contributed by atoms with van der Waals surface area (Å²) >= 11 is 9.26. The van der Waals surface area contributed by atoms with Gasteiger partial charge in [-0.05, 0) is 242 Å². The molecule has 3 aliphatic heterocycles. The van der Waals surface area contributed by atoms with Crippen LogP contribution in [0.1, 0.15) is 119 Å². The van der Waals surface area contributed by atoms with Crippen molar-refractivity contribution in [3.8, 4) is 62.5 Å². The van der Waals surface area contributed by atoms with E-state index in [1.165, 1.54) is 62.2 Å². The minimum absolute atomic E-state index is 0.0161. The first-order valence-electron chi connectivity index (χ1n) is 39.2. The fraction of sp³-hybridized carbons (Fsp3) is 0.329. The molecule has 12 aromatic rings. The Labute approximate surface area is 740 Å². The van der Waals surface area contributed by atoms with Gasteiger partial charge in [0.1, 0.15) is 128 Å². The van der Waals surface area contributed by atoms with Crippen molar-refractivity contribution >= 4 is 143 Å². The number of nitrogens with two attached hydrogens (primary N) is 3. The molecule has 9 heterocycles. The molecule has 3 amide bonds. The number of fused-ring (bicyclic) bond motifs is 3. The van der Waals surface area contributed by atoms with E-state index in [1.54, 1.807) is 75.4 Å². The molecule has 3 fully saturated rings. The first-order valence-corrected chi connectivity index (χ1v) is 41.5. The number of carbonyl (C=O) groups excluding carboxylic acids is 3. The number of aromatic nitrogens is 9. The molecule has 29 nitrogen and oxygen atoms in total. The van der Waals surface area contributed by atoms with Gasteiger partial charge in [-0.3, -0.25) is 0 Å². The summed E-state index contributed by atoms with van der Waals surface area (Å²) in [6.45, 7) is 21.7. The summed E-state index contributed by atoms with van der Waals surface area (Å²) in [5.41, 5.74) is 22.8. The van der Waals surface area contributed by atoms with Crippen LogP contribution < -0.4 is 36.1 Å². The Morgan fingerprint density at radius 2 is 0.862 bits per heavy atom. The number of nitrogens with zero attached hydrogens (tertiary/aromatic N) is 13. The average molecular weight is 1880 g/mol. The van der Waals surface area contributed by atoms with E-state index in [1.807, 2.05) is 123 Å². The van der Waals surface area contributed by atoms with Crippen LogP contribution in [0, 0.1) is 21.0 Å². The molecule has 0 unspecified atom stereocenters. The van der Waals surface area contributed by atoms with Crippen LogP contribution in [0.5, 0.6) is 40.2 Å². The third kappa shape index (κ3) is 26.4. The Kier molecular flexibility index (Phi) is 32.7. The van der Waals surface area contributed by atoms with Gasteiger partial charge in [0.05, 0.1) is 38.9 Å². The number of benzene rings is 6. The van der Waals surface area contributed by atoms with Crippen molar-refractivity contribution in [2.45, 2.75) is 143 Å². The van der Waals surface area contributed by atoms with E-state index < -0.39 is 23.9 Å². The number of halogens is 5. The molecule has 6 aromatic carbocycles. The van der Waals surface area contributed by atoms with Gasteiger partial charge in [-0.25, -0.2) is 57.5 Å². The molecule has 6 aromatic heterocycles.